The lowest BCUT2D eigenvalue weighted by Gasteiger charge is -2.67. The molecular weight excluding hydrogens is 392 g/mol. The molecule has 1 unspecified atom stereocenters. The van der Waals surface area contributed by atoms with E-state index in [1.165, 1.54) is 32.1 Å². The van der Waals surface area contributed by atoms with Gasteiger partial charge in [-0.15, -0.1) is 0 Å². The number of rotatable bonds is 1. The molecule has 0 aromatic heterocycles. The van der Waals surface area contributed by atoms with Gasteiger partial charge in [-0.1, -0.05) is 61.8 Å². The molecule has 5 saturated carbocycles. The van der Waals surface area contributed by atoms with Crippen LogP contribution in [0.2, 0.25) is 0 Å². The van der Waals surface area contributed by atoms with Crippen LogP contribution in [0.1, 0.15) is 120 Å². The van der Waals surface area contributed by atoms with Crippen molar-refractivity contribution in [2.45, 2.75) is 126 Å². The molecule has 2 nitrogen and oxygen atoms in total. The van der Waals surface area contributed by atoms with E-state index in [4.69, 9.17) is 0 Å². The molecule has 32 heavy (non-hydrogen) atoms. The number of hydrogen-bond acceptors (Lipinski definition) is 2. The summed E-state index contributed by atoms with van der Waals surface area (Å²) in [7, 11) is 0. The van der Waals surface area contributed by atoms with Crippen LogP contribution in [-0.4, -0.2) is 17.0 Å². The molecule has 9 atom stereocenters. The van der Waals surface area contributed by atoms with Crippen molar-refractivity contribution in [3.05, 3.63) is 0 Å². The summed E-state index contributed by atoms with van der Waals surface area (Å²) in [5.41, 5.74) is -0.187. The molecular formula is C30H50O2. The zero-order chi connectivity index (χ0) is 23.5. The summed E-state index contributed by atoms with van der Waals surface area (Å²) in [6, 6.07) is 0. The topological polar surface area (TPSA) is 37.3 Å². The monoisotopic (exact) mass is 442 g/mol. The minimum Gasteiger partial charge on any atom is -0.392 e. The van der Waals surface area contributed by atoms with Crippen molar-refractivity contribution in [3.8, 4) is 0 Å². The number of aliphatic hydroxyl groups is 1. The molecule has 1 N–H and O–H groups in total. The predicted octanol–water partition coefficient (Wildman–Crippen LogP) is 7.43. The van der Waals surface area contributed by atoms with Gasteiger partial charge >= 0.3 is 0 Å². The Kier molecular flexibility index (Phi) is 4.85. The summed E-state index contributed by atoms with van der Waals surface area (Å²) in [6.07, 6.45) is 10.8. The highest BCUT2D eigenvalue weighted by Crippen LogP contribution is 2.78. The summed E-state index contributed by atoms with van der Waals surface area (Å²) < 4.78 is 0. The normalized spacial score (nSPS) is 56.9. The highest BCUT2D eigenvalue weighted by atomic mass is 16.3. The maximum atomic E-state index is 14.9. The maximum absolute atomic E-state index is 14.9. The highest BCUT2D eigenvalue weighted by molar-refractivity contribution is 5.94. The van der Waals surface area contributed by atoms with Crippen molar-refractivity contribution in [1.82, 2.24) is 0 Å². The molecule has 0 heterocycles. The Bertz CT molecular complexity index is 814. The van der Waals surface area contributed by atoms with E-state index in [-0.39, 0.29) is 21.7 Å². The first-order valence-corrected chi connectivity index (χ1v) is 13.9. The molecule has 0 aromatic carbocycles. The molecule has 5 fully saturated rings. The van der Waals surface area contributed by atoms with Crippen molar-refractivity contribution in [1.29, 1.82) is 0 Å². The molecule has 5 rings (SSSR count). The minimum atomic E-state index is -0.520. The van der Waals surface area contributed by atoms with Gasteiger partial charge in [-0.3, -0.25) is 4.79 Å². The zero-order valence-electron chi connectivity index (χ0n) is 22.3. The molecule has 0 bridgehead atoms. The second kappa shape index (κ2) is 6.64. The van der Waals surface area contributed by atoms with E-state index in [9.17, 15) is 9.90 Å². The third-order valence-electron chi connectivity index (χ3n) is 13.6. The van der Waals surface area contributed by atoms with Gasteiger partial charge in [-0.2, -0.15) is 0 Å². The Morgan fingerprint density at radius 2 is 1.50 bits per heavy atom. The Morgan fingerprint density at radius 1 is 0.812 bits per heavy atom. The van der Waals surface area contributed by atoms with E-state index in [1.54, 1.807) is 0 Å². The Morgan fingerprint density at radius 3 is 2.16 bits per heavy atom. The Balaban J connectivity index is 1.58. The van der Waals surface area contributed by atoms with Gasteiger partial charge in [-0.25, -0.2) is 0 Å². The van der Waals surface area contributed by atoms with Crippen molar-refractivity contribution >= 4 is 5.78 Å². The van der Waals surface area contributed by atoms with E-state index in [0.29, 0.717) is 23.0 Å². The van der Waals surface area contributed by atoms with Crippen LogP contribution in [0.4, 0.5) is 0 Å². The SMILES string of the molecule is CC(C)[C@H]1CC[C@@H]2[C@]1(C)CC[C@]1(C)C(=O)[C@@]3(CC[C@@]21C)[C@@H](O)CC1C(C)(C)CCC[C@@]13C. The Labute approximate surface area is 197 Å². The van der Waals surface area contributed by atoms with Crippen LogP contribution < -0.4 is 0 Å². The van der Waals surface area contributed by atoms with Gasteiger partial charge in [0.25, 0.3) is 0 Å². The van der Waals surface area contributed by atoms with E-state index in [2.05, 4.69) is 55.4 Å². The van der Waals surface area contributed by atoms with Crippen LogP contribution in [-0.2, 0) is 4.79 Å². The lowest BCUT2D eigenvalue weighted by molar-refractivity contribution is -0.204. The first kappa shape index (κ1) is 23.4. The van der Waals surface area contributed by atoms with Crippen LogP contribution in [0, 0.1) is 56.2 Å². The second-order valence-corrected chi connectivity index (χ2v) is 15.1. The molecule has 1 spiro atoms. The van der Waals surface area contributed by atoms with E-state index in [0.717, 1.165) is 43.9 Å². The van der Waals surface area contributed by atoms with Gasteiger partial charge < -0.3 is 5.11 Å². The number of hydrogen-bond donors (Lipinski definition) is 1. The first-order chi connectivity index (χ1) is 14.7. The predicted molar refractivity (Wildman–Crippen MR) is 131 cm³/mol. The molecule has 5 aliphatic carbocycles. The van der Waals surface area contributed by atoms with E-state index in [1.807, 2.05) is 0 Å². The molecule has 0 saturated heterocycles. The van der Waals surface area contributed by atoms with Gasteiger partial charge in [0.15, 0.2) is 0 Å². The fourth-order valence-corrected chi connectivity index (χ4v) is 11.7. The van der Waals surface area contributed by atoms with Gasteiger partial charge in [-0.05, 0) is 103 Å². The second-order valence-electron chi connectivity index (χ2n) is 15.1. The van der Waals surface area contributed by atoms with Crippen molar-refractivity contribution in [3.63, 3.8) is 0 Å². The molecule has 2 heteroatoms. The average molecular weight is 443 g/mol. The number of ketones is 1. The van der Waals surface area contributed by atoms with Crippen molar-refractivity contribution in [2.75, 3.05) is 0 Å². The highest BCUT2D eigenvalue weighted by Gasteiger charge is 2.76. The fraction of sp³-hybridized carbons (Fsp3) is 0.967. The summed E-state index contributed by atoms with van der Waals surface area (Å²) in [4.78, 5) is 14.9. The third-order valence-corrected chi connectivity index (χ3v) is 13.6. The van der Waals surface area contributed by atoms with Crippen molar-refractivity contribution < 1.29 is 9.90 Å². The molecule has 0 amide bonds. The van der Waals surface area contributed by atoms with E-state index >= 15 is 0 Å². The molecule has 5 aliphatic rings. The van der Waals surface area contributed by atoms with E-state index < -0.39 is 11.5 Å². The fourth-order valence-electron chi connectivity index (χ4n) is 11.7. The number of Topliss-reactive ketones (excluding diaryl/α,β-unsaturated/α-hetero) is 1. The smallest absolute Gasteiger partial charge is 0.148 e. The average Bonchev–Trinajstić information content (AvgIpc) is 3.17. The quantitative estimate of drug-likeness (QED) is 0.458. The molecule has 0 aromatic rings. The Hall–Kier alpha value is -0.370. The lowest BCUT2D eigenvalue weighted by atomic mass is 9.35. The van der Waals surface area contributed by atoms with Crippen molar-refractivity contribution in [2.24, 2.45) is 56.2 Å². The summed E-state index contributed by atoms with van der Waals surface area (Å²) in [5, 5.41) is 11.7. The van der Waals surface area contributed by atoms with Crippen LogP contribution >= 0.6 is 0 Å². The van der Waals surface area contributed by atoms with Gasteiger partial charge in [0, 0.05) is 5.41 Å². The first-order valence-electron chi connectivity index (χ1n) is 13.9. The third kappa shape index (κ3) is 2.40. The van der Waals surface area contributed by atoms with Crippen LogP contribution in [0.3, 0.4) is 0 Å². The number of fused-ring (bicyclic) bond motifs is 5. The zero-order valence-corrected chi connectivity index (χ0v) is 22.3. The van der Waals surface area contributed by atoms with Gasteiger partial charge in [0.05, 0.1) is 11.5 Å². The van der Waals surface area contributed by atoms with Crippen LogP contribution in [0.5, 0.6) is 0 Å². The number of carbonyl (C=O) groups excluding carboxylic acids is 1. The maximum Gasteiger partial charge on any atom is 0.148 e. The minimum absolute atomic E-state index is 0.0491. The lowest BCUT2D eigenvalue weighted by Crippen LogP contribution is -2.67. The standard InChI is InChI=1S/C30H50O2/c1-19(2)20-10-11-21-26(20,5)14-15-29(8)24(32)30(17-16-27(21,29)6)23(31)18-22-25(3,4)12-9-13-28(22,30)7/h19-23,31H,9-18H2,1-8H3/t20-,21-,22?,23+,26-,27+,28+,29-,30-/m1/s1. The summed E-state index contributed by atoms with van der Waals surface area (Å²) in [6.45, 7) is 19.4. The molecule has 0 radical (unpaired) electrons. The molecule has 182 valence electrons. The summed E-state index contributed by atoms with van der Waals surface area (Å²) in [5.74, 6) is 3.10. The summed E-state index contributed by atoms with van der Waals surface area (Å²) >= 11 is 0. The van der Waals surface area contributed by atoms with Crippen LogP contribution in [0.25, 0.3) is 0 Å². The largest absolute Gasteiger partial charge is 0.392 e. The van der Waals surface area contributed by atoms with Gasteiger partial charge in [0.1, 0.15) is 5.78 Å². The number of aliphatic hydroxyl groups excluding tert-OH is 1. The molecule has 0 aliphatic heterocycles. The number of carbonyl (C=O) groups is 1. The van der Waals surface area contributed by atoms with Gasteiger partial charge in [0.2, 0.25) is 0 Å². The van der Waals surface area contributed by atoms with Crippen LogP contribution in [0.15, 0.2) is 0 Å².